The van der Waals surface area contributed by atoms with Crippen LogP contribution >= 0.6 is 0 Å². The van der Waals surface area contributed by atoms with E-state index in [4.69, 9.17) is 9.47 Å². The first-order valence-corrected chi connectivity index (χ1v) is 6.28. The van der Waals surface area contributed by atoms with Gasteiger partial charge in [0.1, 0.15) is 5.60 Å². The van der Waals surface area contributed by atoms with Crippen LogP contribution in [0.25, 0.3) is 0 Å². The van der Waals surface area contributed by atoms with Gasteiger partial charge in [0, 0.05) is 19.1 Å². The molecule has 1 amide bonds. The summed E-state index contributed by atoms with van der Waals surface area (Å²) in [5, 5.41) is 3.42. The molecule has 1 N–H and O–H groups in total. The maximum atomic E-state index is 11.9. The smallest absolute Gasteiger partial charge is 0.410 e. The lowest BCUT2D eigenvalue weighted by Crippen LogP contribution is -2.59. The Labute approximate surface area is 102 Å². The first-order valence-electron chi connectivity index (χ1n) is 6.28. The lowest BCUT2D eigenvalue weighted by Gasteiger charge is -2.41. The van der Waals surface area contributed by atoms with E-state index in [1.54, 1.807) is 4.90 Å². The van der Waals surface area contributed by atoms with E-state index in [-0.39, 0.29) is 12.2 Å². The van der Waals surface area contributed by atoms with Gasteiger partial charge in [0.15, 0.2) is 0 Å². The predicted octanol–water partition coefficient (Wildman–Crippen LogP) is 0.984. The van der Waals surface area contributed by atoms with Gasteiger partial charge in [-0.1, -0.05) is 0 Å². The van der Waals surface area contributed by atoms with Crippen LogP contribution < -0.4 is 5.32 Å². The van der Waals surface area contributed by atoms with Crippen molar-refractivity contribution < 1.29 is 14.3 Å². The standard InChI is InChI=1S/C12H22N2O3/c1-12(2,3)17-11(15)14-6-4-9-10(8-14)16-7-5-13-9/h9-10,13H,4-8H2,1-3H3/t9-,10+/m1/s1. The Hall–Kier alpha value is -0.810. The highest BCUT2D eigenvalue weighted by molar-refractivity contribution is 5.68. The monoisotopic (exact) mass is 242 g/mol. The predicted molar refractivity (Wildman–Crippen MR) is 64.0 cm³/mol. The normalized spacial score (nSPS) is 29.7. The number of hydrogen-bond donors (Lipinski definition) is 1. The van der Waals surface area contributed by atoms with E-state index in [0.29, 0.717) is 12.6 Å². The summed E-state index contributed by atoms with van der Waals surface area (Å²) in [6.07, 6.45) is 0.819. The molecular formula is C12H22N2O3. The lowest BCUT2D eigenvalue weighted by atomic mass is 10.0. The summed E-state index contributed by atoms with van der Waals surface area (Å²) in [6, 6.07) is 0.391. The van der Waals surface area contributed by atoms with E-state index in [2.05, 4.69) is 5.32 Å². The van der Waals surface area contributed by atoms with Crippen LogP contribution in [0.15, 0.2) is 0 Å². The van der Waals surface area contributed by atoms with Crippen LogP contribution in [0.1, 0.15) is 27.2 Å². The van der Waals surface area contributed by atoms with Crippen LogP contribution in [0.5, 0.6) is 0 Å². The number of carbonyl (C=O) groups excluding carboxylic acids is 1. The van der Waals surface area contributed by atoms with Crippen molar-refractivity contribution in [2.24, 2.45) is 0 Å². The van der Waals surface area contributed by atoms with Crippen LogP contribution in [-0.4, -0.2) is 55.0 Å². The van der Waals surface area contributed by atoms with Gasteiger partial charge in [-0.15, -0.1) is 0 Å². The third kappa shape index (κ3) is 3.33. The second-order valence-corrected chi connectivity index (χ2v) is 5.68. The second-order valence-electron chi connectivity index (χ2n) is 5.68. The number of amides is 1. The zero-order chi connectivity index (χ0) is 12.5. The highest BCUT2D eigenvalue weighted by atomic mass is 16.6. The van der Waals surface area contributed by atoms with Crippen molar-refractivity contribution in [2.75, 3.05) is 26.2 Å². The largest absolute Gasteiger partial charge is 0.444 e. The van der Waals surface area contributed by atoms with Crippen LogP contribution in [0.3, 0.4) is 0 Å². The highest BCUT2D eigenvalue weighted by Gasteiger charge is 2.35. The number of fused-ring (bicyclic) bond motifs is 1. The van der Waals surface area contributed by atoms with Crippen molar-refractivity contribution in [1.82, 2.24) is 10.2 Å². The fourth-order valence-electron chi connectivity index (χ4n) is 2.27. The number of hydrogen-bond acceptors (Lipinski definition) is 4. The number of carbonyl (C=O) groups is 1. The van der Waals surface area contributed by atoms with Crippen LogP contribution in [0.4, 0.5) is 4.79 Å². The highest BCUT2D eigenvalue weighted by Crippen LogP contribution is 2.19. The Morgan fingerprint density at radius 3 is 2.94 bits per heavy atom. The average molecular weight is 242 g/mol. The van der Waals surface area contributed by atoms with Gasteiger partial charge in [-0.25, -0.2) is 4.79 Å². The molecule has 2 saturated heterocycles. The third-order valence-electron chi connectivity index (χ3n) is 3.05. The Kier molecular flexibility index (Phi) is 3.58. The lowest BCUT2D eigenvalue weighted by molar-refractivity contribution is -0.0532. The van der Waals surface area contributed by atoms with Gasteiger partial charge < -0.3 is 19.7 Å². The molecule has 2 atom stereocenters. The van der Waals surface area contributed by atoms with Crippen molar-refractivity contribution in [3.63, 3.8) is 0 Å². The van der Waals surface area contributed by atoms with Crippen molar-refractivity contribution in [3.05, 3.63) is 0 Å². The number of ether oxygens (including phenoxy) is 2. The number of nitrogens with zero attached hydrogens (tertiary/aromatic N) is 1. The summed E-state index contributed by atoms with van der Waals surface area (Å²) in [5.41, 5.74) is -0.431. The summed E-state index contributed by atoms with van der Waals surface area (Å²) in [5.74, 6) is 0. The fourth-order valence-corrected chi connectivity index (χ4v) is 2.27. The van der Waals surface area contributed by atoms with Gasteiger partial charge >= 0.3 is 6.09 Å². The average Bonchev–Trinajstić information content (AvgIpc) is 2.26. The molecule has 2 aliphatic rings. The zero-order valence-electron chi connectivity index (χ0n) is 10.9. The summed E-state index contributed by atoms with van der Waals surface area (Å²) in [7, 11) is 0. The number of nitrogens with one attached hydrogen (secondary N) is 1. The maximum absolute atomic E-state index is 11.9. The minimum atomic E-state index is -0.431. The molecule has 2 aliphatic heterocycles. The summed E-state index contributed by atoms with van der Waals surface area (Å²) in [4.78, 5) is 13.7. The molecule has 0 saturated carbocycles. The summed E-state index contributed by atoms with van der Waals surface area (Å²) < 4.78 is 11.0. The molecule has 2 heterocycles. The van der Waals surface area contributed by atoms with Crippen molar-refractivity contribution in [1.29, 1.82) is 0 Å². The van der Waals surface area contributed by atoms with Crippen molar-refractivity contribution in [3.8, 4) is 0 Å². The summed E-state index contributed by atoms with van der Waals surface area (Å²) in [6.45, 7) is 8.67. The molecule has 5 nitrogen and oxygen atoms in total. The number of morpholine rings is 1. The quantitative estimate of drug-likeness (QED) is 0.688. The van der Waals surface area contributed by atoms with E-state index < -0.39 is 5.60 Å². The van der Waals surface area contributed by atoms with Gasteiger partial charge in [-0.2, -0.15) is 0 Å². The fraction of sp³-hybridized carbons (Fsp3) is 0.917. The summed E-state index contributed by atoms with van der Waals surface area (Å²) >= 11 is 0. The molecule has 0 aromatic rings. The van der Waals surface area contributed by atoms with Gasteiger partial charge in [0.05, 0.1) is 19.3 Å². The van der Waals surface area contributed by atoms with Crippen molar-refractivity contribution in [2.45, 2.75) is 44.9 Å². The van der Waals surface area contributed by atoms with E-state index in [0.717, 1.165) is 26.1 Å². The molecule has 2 rings (SSSR count). The van der Waals surface area contributed by atoms with E-state index in [1.165, 1.54) is 0 Å². The molecular weight excluding hydrogens is 220 g/mol. The molecule has 0 aromatic carbocycles. The Morgan fingerprint density at radius 2 is 2.24 bits per heavy atom. The topological polar surface area (TPSA) is 50.8 Å². The van der Waals surface area contributed by atoms with Crippen LogP contribution in [0, 0.1) is 0 Å². The number of piperidine rings is 1. The molecule has 0 aromatic heterocycles. The maximum Gasteiger partial charge on any atom is 0.410 e. The molecule has 0 radical (unpaired) electrons. The third-order valence-corrected chi connectivity index (χ3v) is 3.05. The Bertz CT molecular complexity index is 288. The molecule has 17 heavy (non-hydrogen) atoms. The molecule has 2 fully saturated rings. The first-order chi connectivity index (χ1) is 7.96. The van der Waals surface area contributed by atoms with Gasteiger partial charge in [-0.3, -0.25) is 0 Å². The molecule has 98 valence electrons. The van der Waals surface area contributed by atoms with Crippen LogP contribution in [-0.2, 0) is 9.47 Å². The zero-order valence-corrected chi connectivity index (χ0v) is 10.9. The number of likely N-dealkylation sites (tertiary alicyclic amines) is 1. The molecule has 5 heteroatoms. The second kappa shape index (κ2) is 4.82. The molecule has 0 unspecified atom stereocenters. The first kappa shape index (κ1) is 12.6. The minimum absolute atomic E-state index is 0.116. The molecule has 0 spiro atoms. The van der Waals surface area contributed by atoms with Crippen molar-refractivity contribution >= 4 is 6.09 Å². The van der Waals surface area contributed by atoms with E-state index in [1.807, 2.05) is 20.8 Å². The minimum Gasteiger partial charge on any atom is -0.444 e. The Balaban J connectivity index is 1.89. The Morgan fingerprint density at radius 1 is 1.47 bits per heavy atom. The van der Waals surface area contributed by atoms with Gasteiger partial charge in [0.25, 0.3) is 0 Å². The van der Waals surface area contributed by atoms with Gasteiger partial charge in [0.2, 0.25) is 0 Å². The number of rotatable bonds is 0. The van der Waals surface area contributed by atoms with Crippen LogP contribution in [0.2, 0.25) is 0 Å². The molecule has 0 bridgehead atoms. The van der Waals surface area contributed by atoms with E-state index in [9.17, 15) is 4.79 Å². The van der Waals surface area contributed by atoms with E-state index >= 15 is 0 Å². The van der Waals surface area contributed by atoms with Gasteiger partial charge in [-0.05, 0) is 27.2 Å². The molecule has 0 aliphatic carbocycles. The SMILES string of the molecule is CC(C)(C)OC(=O)N1CC[C@H]2NCCO[C@H]2C1.